The van der Waals surface area contributed by atoms with Crippen molar-refractivity contribution in [1.82, 2.24) is 15.0 Å². The molecule has 1 heterocycles. The molecule has 2 N–H and O–H groups in total. The Morgan fingerprint density at radius 3 is 2.39 bits per heavy atom. The fraction of sp³-hybridized carbons (Fsp3) is 0.214. The van der Waals surface area contributed by atoms with E-state index in [0.29, 0.717) is 32.7 Å². The molecule has 0 fully saturated rings. The minimum atomic E-state index is 0.277. The molecular formula is C28H26Cl3I2N7O. The minimum Gasteiger partial charge on any atom is -0.487 e. The molecule has 1 aromatic heterocycles. The minimum absolute atomic E-state index is 0.277. The number of nitrogens with one attached hydrogen (secondary N) is 2. The average Bonchev–Trinajstić information content (AvgIpc) is 2.92. The van der Waals surface area contributed by atoms with Crippen molar-refractivity contribution in [1.29, 1.82) is 0 Å². The van der Waals surface area contributed by atoms with Crippen LogP contribution in [-0.4, -0.2) is 34.3 Å². The molecule has 0 radical (unpaired) electrons. The predicted octanol–water partition coefficient (Wildman–Crippen LogP) is 8.96. The molecule has 4 rings (SSSR count). The van der Waals surface area contributed by atoms with Crippen LogP contribution in [0.5, 0.6) is 5.75 Å². The summed E-state index contributed by atoms with van der Waals surface area (Å²) in [5.41, 5.74) is 6.32. The molecule has 13 heteroatoms. The van der Waals surface area contributed by atoms with Crippen LogP contribution < -0.4 is 20.4 Å². The molecule has 0 amide bonds. The molecule has 0 saturated carbocycles. The van der Waals surface area contributed by atoms with E-state index < -0.39 is 0 Å². The first kappa shape index (κ1) is 31.8. The topological polar surface area (TPSA) is 87.6 Å². The summed E-state index contributed by atoms with van der Waals surface area (Å²) in [6, 6.07) is 15.0. The van der Waals surface area contributed by atoms with Gasteiger partial charge in [-0.05, 0) is 108 Å². The van der Waals surface area contributed by atoms with Crippen LogP contribution in [0, 0.1) is 14.1 Å². The molecule has 0 aliphatic carbocycles. The Morgan fingerprint density at radius 2 is 1.68 bits per heavy atom. The highest BCUT2D eigenvalue weighted by molar-refractivity contribution is 14.1. The Labute approximate surface area is 281 Å². The molecule has 3 aromatic carbocycles. The van der Waals surface area contributed by atoms with E-state index in [1.807, 2.05) is 62.1 Å². The van der Waals surface area contributed by atoms with E-state index in [-0.39, 0.29) is 12.6 Å². The smallest absolute Gasteiger partial charge is 0.250 e. The third-order valence-electron chi connectivity index (χ3n) is 5.89. The number of aryl methyl sites for hydroxylation is 1. The van der Waals surface area contributed by atoms with Crippen LogP contribution in [0.3, 0.4) is 0 Å². The quantitative estimate of drug-likeness (QED) is 0.0887. The molecule has 4 aromatic rings. The first-order chi connectivity index (χ1) is 19.7. The lowest BCUT2D eigenvalue weighted by molar-refractivity contribution is 0.303. The highest BCUT2D eigenvalue weighted by atomic mass is 127. The maximum absolute atomic E-state index is 6.35. The number of nitrogens with zero attached hydrogens (tertiary/aromatic N) is 5. The first-order valence-electron chi connectivity index (χ1n) is 12.6. The second-order valence-electron chi connectivity index (χ2n) is 8.74. The van der Waals surface area contributed by atoms with Gasteiger partial charge in [0.2, 0.25) is 17.8 Å². The van der Waals surface area contributed by atoms with Gasteiger partial charge in [-0.3, -0.25) is 0 Å². The van der Waals surface area contributed by atoms with Gasteiger partial charge >= 0.3 is 0 Å². The largest absolute Gasteiger partial charge is 0.487 e. The summed E-state index contributed by atoms with van der Waals surface area (Å²) in [5.74, 6) is 1.86. The van der Waals surface area contributed by atoms with Crippen molar-refractivity contribution in [2.45, 2.75) is 27.4 Å². The van der Waals surface area contributed by atoms with Crippen molar-refractivity contribution < 1.29 is 4.74 Å². The van der Waals surface area contributed by atoms with Gasteiger partial charge in [0, 0.05) is 48.5 Å². The van der Waals surface area contributed by atoms with E-state index in [9.17, 15) is 0 Å². The second kappa shape index (κ2) is 14.9. The zero-order valence-electron chi connectivity index (χ0n) is 22.4. The van der Waals surface area contributed by atoms with Gasteiger partial charge in [0.15, 0.2) is 0 Å². The molecule has 214 valence electrons. The average molecular weight is 837 g/mol. The summed E-state index contributed by atoms with van der Waals surface area (Å²) in [4.78, 5) is 15.7. The summed E-state index contributed by atoms with van der Waals surface area (Å²) in [5, 5.41) is 9.44. The number of hydrazone groups is 1. The van der Waals surface area contributed by atoms with E-state index in [1.165, 1.54) is 0 Å². The lowest BCUT2D eigenvalue weighted by atomic mass is 10.2. The third kappa shape index (κ3) is 8.69. The molecule has 8 nitrogen and oxygen atoms in total. The van der Waals surface area contributed by atoms with E-state index in [2.05, 4.69) is 76.0 Å². The molecule has 0 bridgehead atoms. The monoisotopic (exact) mass is 835 g/mol. The number of ether oxygens (including phenoxy) is 1. The van der Waals surface area contributed by atoms with Crippen molar-refractivity contribution in [3.63, 3.8) is 0 Å². The highest BCUT2D eigenvalue weighted by Crippen LogP contribution is 2.30. The van der Waals surface area contributed by atoms with Crippen LogP contribution >= 0.6 is 80.0 Å². The Kier molecular flexibility index (Phi) is 11.5. The second-order valence-corrected chi connectivity index (χ2v) is 12.4. The van der Waals surface area contributed by atoms with Crippen molar-refractivity contribution in [3.05, 3.63) is 87.4 Å². The Balaban J connectivity index is 1.59. The molecular weight excluding hydrogens is 811 g/mol. The summed E-state index contributed by atoms with van der Waals surface area (Å²) in [7, 11) is 0. The van der Waals surface area contributed by atoms with Crippen molar-refractivity contribution in [2.24, 2.45) is 5.10 Å². The zero-order valence-corrected chi connectivity index (χ0v) is 28.9. The van der Waals surface area contributed by atoms with Gasteiger partial charge in [0.05, 0.1) is 9.78 Å². The Hall–Kier alpha value is -2.13. The van der Waals surface area contributed by atoms with Crippen LogP contribution in [0.15, 0.2) is 53.6 Å². The van der Waals surface area contributed by atoms with E-state index >= 15 is 0 Å². The molecule has 0 saturated heterocycles. The standard InChI is InChI=1S/C28H26Cl3I2N7O/c1-4-40(5-2)28-37-26(35-21-9-6-16(3)22(30)13-21)36-27(38-28)39-34-14-18-10-20(32)12-24(33)25(18)41-15-17-7-8-19(29)11-23(17)31/h6-14H,4-5,15H2,1-3H3,(H2,35,36,37,38,39)/b34-14+. The van der Waals surface area contributed by atoms with Crippen LogP contribution in [-0.2, 0) is 6.61 Å². The summed E-state index contributed by atoms with van der Waals surface area (Å²) >= 11 is 23.2. The maximum Gasteiger partial charge on any atom is 0.250 e. The molecule has 41 heavy (non-hydrogen) atoms. The molecule has 0 aliphatic heterocycles. The number of anilines is 4. The van der Waals surface area contributed by atoms with Crippen molar-refractivity contribution in [2.75, 3.05) is 28.7 Å². The van der Waals surface area contributed by atoms with Gasteiger partial charge in [-0.1, -0.05) is 46.9 Å². The van der Waals surface area contributed by atoms with Crippen LogP contribution in [0.25, 0.3) is 0 Å². The molecule has 0 spiro atoms. The molecule has 0 unspecified atom stereocenters. The van der Waals surface area contributed by atoms with Crippen LogP contribution in [0.4, 0.5) is 23.5 Å². The summed E-state index contributed by atoms with van der Waals surface area (Å²) < 4.78 is 8.17. The van der Waals surface area contributed by atoms with E-state index in [0.717, 1.165) is 42.6 Å². The zero-order chi connectivity index (χ0) is 29.5. The molecule has 0 atom stereocenters. The number of hydrogen-bond acceptors (Lipinski definition) is 8. The SMILES string of the molecule is CCN(CC)c1nc(N/N=C/c2cc(I)cc(I)c2OCc2ccc(Cl)cc2Cl)nc(Nc2ccc(C)c(Cl)c2)n1. The van der Waals surface area contributed by atoms with Gasteiger partial charge in [0.25, 0.3) is 0 Å². The fourth-order valence-electron chi connectivity index (χ4n) is 3.69. The number of rotatable bonds is 11. The van der Waals surface area contributed by atoms with Crippen LogP contribution in [0.1, 0.15) is 30.5 Å². The lowest BCUT2D eigenvalue weighted by Crippen LogP contribution is -2.25. The van der Waals surface area contributed by atoms with Crippen molar-refractivity contribution >= 4 is 110 Å². The Bertz CT molecular complexity index is 1570. The van der Waals surface area contributed by atoms with E-state index in [1.54, 1.807) is 18.3 Å². The maximum atomic E-state index is 6.35. The van der Waals surface area contributed by atoms with Crippen molar-refractivity contribution in [3.8, 4) is 5.75 Å². The van der Waals surface area contributed by atoms with Gasteiger partial charge < -0.3 is 15.0 Å². The van der Waals surface area contributed by atoms with Gasteiger partial charge in [-0.25, -0.2) is 5.43 Å². The molecule has 0 aliphatic rings. The van der Waals surface area contributed by atoms with Gasteiger partial charge in [0.1, 0.15) is 12.4 Å². The van der Waals surface area contributed by atoms with E-state index in [4.69, 9.17) is 39.5 Å². The number of hydrogen-bond donors (Lipinski definition) is 2. The lowest BCUT2D eigenvalue weighted by Gasteiger charge is -2.19. The number of aromatic nitrogens is 3. The van der Waals surface area contributed by atoms with Gasteiger partial charge in [-0.15, -0.1) is 0 Å². The first-order valence-corrected chi connectivity index (χ1v) is 15.8. The predicted molar refractivity (Wildman–Crippen MR) is 187 cm³/mol. The summed E-state index contributed by atoms with van der Waals surface area (Å²) in [6.07, 6.45) is 1.68. The normalized spacial score (nSPS) is 11.1. The number of benzene rings is 3. The van der Waals surface area contributed by atoms with Gasteiger partial charge in [-0.2, -0.15) is 20.1 Å². The Morgan fingerprint density at radius 1 is 0.927 bits per heavy atom. The third-order valence-corrected chi connectivity index (χ3v) is 8.31. The number of halogens is 5. The highest BCUT2D eigenvalue weighted by Gasteiger charge is 2.13. The van der Waals surface area contributed by atoms with Crippen LogP contribution in [0.2, 0.25) is 15.1 Å². The summed E-state index contributed by atoms with van der Waals surface area (Å²) in [6.45, 7) is 7.79. The fourth-order valence-corrected chi connectivity index (χ4v) is 6.38.